The fourth-order valence-corrected chi connectivity index (χ4v) is 2.91. The first-order valence-electron chi connectivity index (χ1n) is 7.52. The molecule has 1 aromatic carbocycles. The van der Waals surface area contributed by atoms with Crippen LogP contribution in [0.4, 0.5) is 0 Å². The number of morpholine rings is 1. The Morgan fingerprint density at radius 2 is 2.10 bits per heavy atom. The summed E-state index contributed by atoms with van der Waals surface area (Å²) >= 11 is 0. The van der Waals surface area contributed by atoms with E-state index in [2.05, 4.69) is 45.1 Å². The molecule has 0 aromatic heterocycles. The van der Waals surface area contributed by atoms with E-state index < -0.39 is 5.79 Å². The normalized spacial score (nSPS) is 29.4. The third-order valence-corrected chi connectivity index (χ3v) is 4.13. The van der Waals surface area contributed by atoms with Gasteiger partial charge in [0.1, 0.15) is 0 Å². The van der Waals surface area contributed by atoms with Gasteiger partial charge in [-0.25, -0.2) is 0 Å². The first kappa shape index (κ1) is 15.5. The molecule has 2 rings (SSSR count). The first-order valence-corrected chi connectivity index (χ1v) is 7.52. The molecular formula is C17H27NO2. The number of benzene rings is 1. The van der Waals surface area contributed by atoms with Gasteiger partial charge in [0.25, 0.3) is 0 Å². The Balaban J connectivity index is 2.32. The largest absolute Gasteiger partial charge is 0.361 e. The van der Waals surface area contributed by atoms with Crippen molar-refractivity contribution in [3.05, 3.63) is 34.9 Å². The first-order chi connectivity index (χ1) is 9.28. The monoisotopic (exact) mass is 277 g/mol. The van der Waals surface area contributed by atoms with E-state index in [-0.39, 0.29) is 11.6 Å². The van der Waals surface area contributed by atoms with Crippen molar-refractivity contribution in [2.45, 2.75) is 64.8 Å². The zero-order valence-corrected chi connectivity index (χ0v) is 13.3. The highest BCUT2D eigenvalue weighted by atomic mass is 16.6. The van der Waals surface area contributed by atoms with E-state index in [4.69, 9.17) is 4.74 Å². The fraction of sp³-hybridized carbons (Fsp3) is 0.647. The lowest BCUT2D eigenvalue weighted by atomic mass is 9.90. The number of rotatable bonds is 3. The Morgan fingerprint density at radius 1 is 1.40 bits per heavy atom. The molecular weight excluding hydrogens is 250 g/mol. The minimum atomic E-state index is -1.24. The van der Waals surface area contributed by atoms with Crippen LogP contribution in [0.2, 0.25) is 0 Å². The molecule has 0 amide bonds. The van der Waals surface area contributed by atoms with Crippen molar-refractivity contribution in [2.75, 3.05) is 6.61 Å². The second kappa shape index (κ2) is 5.47. The van der Waals surface area contributed by atoms with Crippen molar-refractivity contribution in [1.82, 2.24) is 5.32 Å². The molecule has 2 N–H and O–H groups in total. The number of ether oxygens (including phenoxy) is 1. The van der Waals surface area contributed by atoms with Crippen molar-refractivity contribution in [3.63, 3.8) is 0 Å². The van der Waals surface area contributed by atoms with Crippen LogP contribution in [0.25, 0.3) is 0 Å². The SMILES string of the molecule is CCCc1cc(C2(O)OCC(C)(C)NC2C)ccc1C. The Bertz CT molecular complexity index is 484. The zero-order valence-electron chi connectivity index (χ0n) is 13.3. The van der Waals surface area contributed by atoms with Crippen molar-refractivity contribution in [3.8, 4) is 0 Å². The third kappa shape index (κ3) is 2.90. The number of aryl methyl sites for hydroxylation is 2. The van der Waals surface area contributed by atoms with Gasteiger partial charge in [0.2, 0.25) is 5.79 Å². The summed E-state index contributed by atoms with van der Waals surface area (Å²) < 4.78 is 5.85. The molecule has 2 atom stereocenters. The molecule has 3 heteroatoms. The molecule has 0 saturated carbocycles. The summed E-state index contributed by atoms with van der Waals surface area (Å²) in [7, 11) is 0. The molecule has 112 valence electrons. The second-order valence-electron chi connectivity index (χ2n) is 6.63. The molecule has 2 unspecified atom stereocenters. The summed E-state index contributed by atoms with van der Waals surface area (Å²) in [5, 5.41) is 14.4. The highest BCUT2D eigenvalue weighted by molar-refractivity contribution is 5.34. The van der Waals surface area contributed by atoms with E-state index in [9.17, 15) is 5.11 Å². The van der Waals surface area contributed by atoms with Gasteiger partial charge < -0.3 is 15.2 Å². The standard InChI is InChI=1S/C17H27NO2/c1-6-7-14-10-15(9-8-12(14)2)17(19)13(3)18-16(4,5)11-20-17/h8-10,13,18-19H,6-7,11H2,1-5H3. The maximum Gasteiger partial charge on any atom is 0.208 e. The summed E-state index contributed by atoms with van der Waals surface area (Å²) in [4.78, 5) is 0. The lowest BCUT2D eigenvalue weighted by Crippen LogP contribution is -2.63. The average Bonchev–Trinajstić information content (AvgIpc) is 2.37. The lowest BCUT2D eigenvalue weighted by Gasteiger charge is -2.46. The van der Waals surface area contributed by atoms with Gasteiger partial charge in [0.05, 0.1) is 12.6 Å². The number of hydrogen-bond acceptors (Lipinski definition) is 3. The molecule has 1 aromatic rings. The van der Waals surface area contributed by atoms with Crippen LogP contribution in [0.15, 0.2) is 18.2 Å². The molecule has 3 nitrogen and oxygen atoms in total. The maximum atomic E-state index is 10.9. The fourth-order valence-electron chi connectivity index (χ4n) is 2.91. The predicted octanol–water partition coefficient (Wildman–Crippen LogP) is 2.88. The molecule has 0 spiro atoms. The molecule has 0 bridgehead atoms. The van der Waals surface area contributed by atoms with Gasteiger partial charge in [0.15, 0.2) is 0 Å². The van der Waals surface area contributed by atoms with Crippen molar-refractivity contribution < 1.29 is 9.84 Å². The molecule has 0 radical (unpaired) electrons. The quantitative estimate of drug-likeness (QED) is 0.892. The van der Waals surface area contributed by atoms with E-state index in [0.29, 0.717) is 6.61 Å². The van der Waals surface area contributed by atoms with E-state index in [1.165, 1.54) is 11.1 Å². The van der Waals surface area contributed by atoms with Crippen molar-refractivity contribution in [2.24, 2.45) is 0 Å². The molecule has 1 saturated heterocycles. The summed E-state index contributed by atoms with van der Waals surface area (Å²) in [6.07, 6.45) is 2.13. The van der Waals surface area contributed by atoms with Gasteiger partial charge in [0, 0.05) is 11.1 Å². The van der Waals surface area contributed by atoms with E-state index in [1.54, 1.807) is 0 Å². The highest BCUT2D eigenvalue weighted by Gasteiger charge is 2.44. The summed E-state index contributed by atoms with van der Waals surface area (Å²) in [6, 6.07) is 6.00. The zero-order chi connectivity index (χ0) is 15.0. The molecule has 1 aliphatic rings. The molecule has 1 fully saturated rings. The van der Waals surface area contributed by atoms with E-state index >= 15 is 0 Å². The highest BCUT2D eigenvalue weighted by Crippen LogP contribution is 2.33. The van der Waals surface area contributed by atoms with E-state index in [0.717, 1.165) is 18.4 Å². The minimum Gasteiger partial charge on any atom is -0.361 e. The van der Waals surface area contributed by atoms with Gasteiger partial charge >= 0.3 is 0 Å². The van der Waals surface area contributed by atoms with Crippen LogP contribution in [0.5, 0.6) is 0 Å². The Hall–Kier alpha value is -0.900. The Morgan fingerprint density at radius 3 is 2.70 bits per heavy atom. The molecule has 20 heavy (non-hydrogen) atoms. The summed E-state index contributed by atoms with van der Waals surface area (Å²) in [6.45, 7) is 10.9. The van der Waals surface area contributed by atoms with Crippen LogP contribution in [0, 0.1) is 6.92 Å². The Kier molecular flexibility index (Phi) is 4.24. The van der Waals surface area contributed by atoms with Crippen LogP contribution in [-0.4, -0.2) is 23.3 Å². The second-order valence-corrected chi connectivity index (χ2v) is 6.63. The lowest BCUT2D eigenvalue weighted by molar-refractivity contribution is -0.263. The summed E-state index contributed by atoms with van der Waals surface area (Å²) in [5.41, 5.74) is 3.31. The third-order valence-electron chi connectivity index (χ3n) is 4.13. The number of nitrogens with one attached hydrogen (secondary N) is 1. The molecule has 1 heterocycles. The van der Waals surface area contributed by atoms with E-state index in [1.807, 2.05) is 13.0 Å². The predicted molar refractivity (Wildman–Crippen MR) is 81.7 cm³/mol. The number of aliphatic hydroxyl groups is 1. The van der Waals surface area contributed by atoms with Crippen LogP contribution in [0.3, 0.4) is 0 Å². The summed E-state index contributed by atoms with van der Waals surface area (Å²) in [5.74, 6) is -1.24. The van der Waals surface area contributed by atoms with Crippen LogP contribution in [-0.2, 0) is 16.9 Å². The van der Waals surface area contributed by atoms with Gasteiger partial charge in [-0.3, -0.25) is 0 Å². The average molecular weight is 277 g/mol. The smallest absolute Gasteiger partial charge is 0.208 e. The van der Waals surface area contributed by atoms with Crippen LogP contribution >= 0.6 is 0 Å². The van der Waals surface area contributed by atoms with Gasteiger partial charge in [-0.05, 0) is 45.2 Å². The van der Waals surface area contributed by atoms with Crippen molar-refractivity contribution >= 4 is 0 Å². The Labute approximate surface area is 122 Å². The van der Waals surface area contributed by atoms with Crippen LogP contribution < -0.4 is 5.32 Å². The van der Waals surface area contributed by atoms with Gasteiger partial charge in [-0.2, -0.15) is 0 Å². The molecule has 0 aliphatic carbocycles. The maximum absolute atomic E-state index is 10.9. The molecule has 1 aliphatic heterocycles. The van der Waals surface area contributed by atoms with Gasteiger partial charge in [-0.1, -0.05) is 31.5 Å². The number of hydrogen-bond donors (Lipinski definition) is 2. The van der Waals surface area contributed by atoms with Crippen LogP contribution in [0.1, 0.15) is 50.8 Å². The minimum absolute atomic E-state index is 0.109. The van der Waals surface area contributed by atoms with Crippen molar-refractivity contribution in [1.29, 1.82) is 0 Å². The van der Waals surface area contributed by atoms with Gasteiger partial charge in [-0.15, -0.1) is 0 Å². The topological polar surface area (TPSA) is 41.5 Å².